The van der Waals surface area contributed by atoms with Crippen LogP contribution in [0.2, 0.25) is 0 Å². The van der Waals surface area contributed by atoms with Crippen molar-refractivity contribution in [3.05, 3.63) is 63.5 Å². The second-order valence-corrected chi connectivity index (χ2v) is 10.4. The summed E-state index contributed by atoms with van der Waals surface area (Å²) < 4.78 is 22.7. The molecule has 1 aromatic carbocycles. The van der Waals surface area contributed by atoms with E-state index in [0.29, 0.717) is 35.1 Å². The maximum absolute atomic E-state index is 13.9. The minimum atomic E-state index is -1.82. The van der Waals surface area contributed by atoms with Gasteiger partial charge in [0.15, 0.2) is 5.13 Å². The normalized spacial score (nSPS) is 21.3. The molecule has 2 aliphatic heterocycles. The summed E-state index contributed by atoms with van der Waals surface area (Å²) in [6.07, 6.45) is 4.90. The Hall–Kier alpha value is -3.46. The molecule has 0 saturated carbocycles. The van der Waals surface area contributed by atoms with Gasteiger partial charge in [-0.3, -0.25) is 4.90 Å². The third-order valence-corrected chi connectivity index (χ3v) is 7.63. The molecule has 210 valence electrons. The minimum Gasteiger partial charge on any atom is -0.473 e. The zero-order chi connectivity index (χ0) is 28.1. The molecule has 0 aliphatic carbocycles. The third-order valence-electron chi connectivity index (χ3n) is 6.87. The molecule has 12 nitrogen and oxygen atoms in total. The molecule has 14 heteroatoms. The number of ether oxygens (including phenoxy) is 1. The highest BCUT2D eigenvalue weighted by molar-refractivity contribution is 7.12. The van der Waals surface area contributed by atoms with Crippen LogP contribution >= 0.6 is 11.3 Å². The van der Waals surface area contributed by atoms with E-state index in [9.17, 15) is 14.3 Å². The van der Waals surface area contributed by atoms with E-state index >= 15 is 0 Å². The van der Waals surface area contributed by atoms with Gasteiger partial charge in [-0.15, -0.1) is 11.3 Å². The van der Waals surface area contributed by atoms with Crippen molar-refractivity contribution in [2.45, 2.75) is 70.1 Å². The molecular weight excluding hydrogens is 533 g/mol. The Labute approximate surface area is 226 Å². The molecule has 39 heavy (non-hydrogen) atoms. The number of hydrogen-bond donors (Lipinski definition) is 3. The molecule has 2 bridgehead atoms. The first-order valence-corrected chi connectivity index (χ1v) is 13.3. The predicted molar refractivity (Wildman–Crippen MR) is 137 cm³/mol. The SMILES string of the molecule is Cc1nn(CC(O)CN2C3CCC2CC(OCc2ccccc2F)C3)c(=O)n1-c1nccs1.O=C(O)C(=O)O. The van der Waals surface area contributed by atoms with Crippen LogP contribution in [0.4, 0.5) is 4.39 Å². The Morgan fingerprint density at radius 2 is 1.82 bits per heavy atom. The monoisotopic (exact) mass is 563 g/mol. The molecule has 3 unspecified atom stereocenters. The van der Waals surface area contributed by atoms with Crippen molar-refractivity contribution in [3.63, 3.8) is 0 Å². The zero-order valence-corrected chi connectivity index (χ0v) is 22.0. The van der Waals surface area contributed by atoms with Crippen LogP contribution < -0.4 is 5.69 Å². The molecule has 2 aromatic heterocycles. The highest BCUT2D eigenvalue weighted by Crippen LogP contribution is 2.37. The van der Waals surface area contributed by atoms with E-state index in [-0.39, 0.29) is 30.8 Å². The van der Waals surface area contributed by atoms with Crippen molar-refractivity contribution >= 4 is 23.3 Å². The quantitative estimate of drug-likeness (QED) is 0.344. The number of carbonyl (C=O) groups is 2. The second kappa shape index (κ2) is 12.6. The molecule has 3 atom stereocenters. The number of piperidine rings is 1. The number of aliphatic hydroxyl groups is 1. The summed E-state index contributed by atoms with van der Waals surface area (Å²) in [7, 11) is 0. The Morgan fingerprint density at radius 3 is 2.41 bits per heavy atom. The third kappa shape index (κ3) is 6.95. The Balaban J connectivity index is 0.000000531. The van der Waals surface area contributed by atoms with Gasteiger partial charge in [-0.2, -0.15) is 5.10 Å². The number of aliphatic hydroxyl groups excluding tert-OH is 1. The summed E-state index contributed by atoms with van der Waals surface area (Å²) in [4.78, 5) is 37.5. The van der Waals surface area contributed by atoms with Crippen molar-refractivity contribution in [1.29, 1.82) is 0 Å². The Kier molecular flexibility index (Phi) is 9.22. The lowest BCUT2D eigenvalue weighted by molar-refractivity contribution is -0.159. The lowest BCUT2D eigenvalue weighted by Gasteiger charge is -2.39. The van der Waals surface area contributed by atoms with E-state index in [2.05, 4.69) is 15.0 Å². The van der Waals surface area contributed by atoms with Gasteiger partial charge >= 0.3 is 17.6 Å². The van der Waals surface area contributed by atoms with Gasteiger partial charge in [-0.25, -0.2) is 33.0 Å². The lowest BCUT2D eigenvalue weighted by Crippen LogP contribution is -2.49. The standard InChI is InChI=1S/C23H28FN5O3S.C2H2O4/c1-15-26-28(23(31)29(15)22-25-8-9-33-22)13-19(30)12-27-17-6-7-18(27)11-20(10-17)32-14-16-4-2-3-5-21(16)24;3-1(4)2(5)6/h2-5,8-9,17-20,30H,6-7,10-14H2,1H3;(H,3,4)(H,5,6). The molecule has 0 spiro atoms. The molecule has 4 heterocycles. The van der Waals surface area contributed by atoms with E-state index in [1.807, 2.05) is 11.4 Å². The number of aliphatic carboxylic acids is 2. The fraction of sp³-hybridized carbons (Fsp3) is 0.480. The van der Waals surface area contributed by atoms with Crippen LogP contribution in [-0.4, -0.2) is 82.3 Å². The number of aromatic nitrogens is 4. The average Bonchev–Trinajstić information content (AvgIpc) is 3.56. The van der Waals surface area contributed by atoms with Crippen molar-refractivity contribution in [2.75, 3.05) is 6.54 Å². The minimum absolute atomic E-state index is 0.0924. The molecule has 3 N–H and O–H groups in total. The van der Waals surface area contributed by atoms with Gasteiger partial charge in [0.2, 0.25) is 0 Å². The molecule has 3 aromatic rings. The van der Waals surface area contributed by atoms with Crippen LogP contribution in [-0.2, 0) is 27.5 Å². The summed E-state index contributed by atoms with van der Waals surface area (Å²) in [5.41, 5.74) is 0.297. The van der Waals surface area contributed by atoms with Gasteiger partial charge in [-0.1, -0.05) is 18.2 Å². The van der Waals surface area contributed by atoms with Crippen LogP contribution in [0, 0.1) is 12.7 Å². The van der Waals surface area contributed by atoms with Crippen LogP contribution in [0.25, 0.3) is 5.13 Å². The van der Waals surface area contributed by atoms with Crippen LogP contribution in [0.5, 0.6) is 0 Å². The number of thiazole rings is 1. The van der Waals surface area contributed by atoms with Gasteiger partial charge in [0, 0.05) is 35.8 Å². The lowest BCUT2D eigenvalue weighted by atomic mass is 9.99. The topological polar surface area (TPSA) is 160 Å². The van der Waals surface area contributed by atoms with Gasteiger partial charge < -0.3 is 20.1 Å². The Bertz CT molecular complexity index is 1320. The second-order valence-electron chi connectivity index (χ2n) is 9.50. The molecule has 2 saturated heterocycles. The van der Waals surface area contributed by atoms with Crippen LogP contribution in [0.3, 0.4) is 0 Å². The largest absolute Gasteiger partial charge is 0.473 e. The first kappa shape index (κ1) is 28.5. The van der Waals surface area contributed by atoms with E-state index < -0.39 is 18.0 Å². The summed E-state index contributed by atoms with van der Waals surface area (Å²) in [5, 5.41) is 32.3. The number of halogens is 1. The fourth-order valence-electron chi connectivity index (χ4n) is 5.16. The highest BCUT2D eigenvalue weighted by atomic mass is 32.1. The smallest absolute Gasteiger partial charge is 0.414 e. The number of hydrogen-bond acceptors (Lipinski definition) is 9. The molecular formula is C25H30FN5O7S. The molecule has 2 aliphatic rings. The first-order chi connectivity index (χ1) is 18.6. The van der Waals surface area contributed by atoms with E-state index in [4.69, 9.17) is 24.5 Å². The van der Waals surface area contributed by atoms with Crippen molar-refractivity contribution in [2.24, 2.45) is 0 Å². The zero-order valence-electron chi connectivity index (χ0n) is 21.2. The van der Waals surface area contributed by atoms with Crippen molar-refractivity contribution < 1.29 is 34.0 Å². The summed E-state index contributed by atoms with van der Waals surface area (Å²) in [6.45, 7) is 2.67. The number of benzene rings is 1. The molecule has 0 radical (unpaired) electrons. The first-order valence-electron chi connectivity index (χ1n) is 12.4. The molecule has 5 rings (SSSR count). The Morgan fingerprint density at radius 1 is 1.15 bits per heavy atom. The number of carboxylic acid groups (broad SMARTS) is 2. The van der Waals surface area contributed by atoms with E-state index in [0.717, 1.165) is 25.7 Å². The fourth-order valence-corrected chi connectivity index (χ4v) is 5.84. The van der Waals surface area contributed by atoms with Gasteiger partial charge in [0.05, 0.1) is 25.4 Å². The van der Waals surface area contributed by atoms with E-state index in [1.54, 1.807) is 25.3 Å². The molecule has 2 fully saturated rings. The number of carboxylic acids is 2. The number of rotatable bonds is 8. The number of nitrogens with zero attached hydrogens (tertiary/aromatic N) is 5. The predicted octanol–water partition coefficient (Wildman–Crippen LogP) is 1.67. The summed E-state index contributed by atoms with van der Waals surface area (Å²) in [6, 6.07) is 7.38. The number of fused-ring (bicyclic) bond motifs is 2. The number of aryl methyl sites for hydroxylation is 1. The average molecular weight is 564 g/mol. The maximum atomic E-state index is 13.9. The maximum Gasteiger partial charge on any atom is 0.414 e. The van der Waals surface area contributed by atoms with Crippen LogP contribution in [0.1, 0.15) is 37.1 Å². The van der Waals surface area contributed by atoms with Crippen molar-refractivity contribution in [1.82, 2.24) is 24.2 Å². The highest BCUT2D eigenvalue weighted by Gasteiger charge is 2.41. The molecule has 0 amide bonds. The van der Waals surface area contributed by atoms with Gasteiger partial charge in [0.25, 0.3) is 0 Å². The summed E-state index contributed by atoms with van der Waals surface area (Å²) in [5.74, 6) is -3.33. The van der Waals surface area contributed by atoms with Crippen LogP contribution in [0.15, 0.2) is 40.6 Å². The van der Waals surface area contributed by atoms with E-state index in [1.165, 1.54) is 26.7 Å². The van der Waals surface area contributed by atoms with Gasteiger partial charge in [0.1, 0.15) is 11.6 Å². The van der Waals surface area contributed by atoms with Crippen molar-refractivity contribution in [3.8, 4) is 5.13 Å². The summed E-state index contributed by atoms with van der Waals surface area (Å²) >= 11 is 1.37. The van der Waals surface area contributed by atoms with Gasteiger partial charge in [-0.05, 0) is 38.7 Å².